The highest BCUT2D eigenvalue weighted by atomic mass is 32.2. The van der Waals surface area contributed by atoms with Gasteiger partial charge in [0.25, 0.3) is 11.8 Å². The van der Waals surface area contributed by atoms with Crippen molar-refractivity contribution in [2.75, 3.05) is 31.2 Å². The van der Waals surface area contributed by atoms with E-state index in [0.29, 0.717) is 69.2 Å². The first-order valence-electron chi connectivity index (χ1n) is 21.4. The molecule has 3 aliphatic heterocycles. The summed E-state index contributed by atoms with van der Waals surface area (Å²) in [7, 11) is -4.16. The molecule has 0 spiro atoms. The summed E-state index contributed by atoms with van der Waals surface area (Å²) >= 11 is 0. The Morgan fingerprint density at radius 3 is 2.43 bits per heavy atom. The third kappa shape index (κ3) is 8.02. The SMILES string of the molecule is CCC(C)N(C(=O)O)[C@@H]1C(=O)N2[C@@H](C[C@@](C)(Oc3ncc(N4CCOCC4)c4ccccc34)C2(F)F)C(=O)N[C@]2(C(=O)NS(=O)(=O)C3(C)CC3)C[C@H]2/C=C\CC[C@H](C)C[C@H]1C. The van der Waals surface area contributed by atoms with Crippen LogP contribution >= 0.6 is 0 Å². The number of benzene rings is 1. The first kappa shape index (κ1) is 44.5. The summed E-state index contributed by atoms with van der Waals surface area (Å²) in [5.41, 5.74) is -3.71. The van der Waals surface area contributed by atoms with E-state index in [1.54, 1.807) is 45.0 Å². The van der Waals surface area contributed by atoms with E-state index in [9.17, 15) is 27.9 Å². The lowest BCUT2D eigenvalue weighted by Crippen LogP contribution is -2.64. The number of carbonyl (C=O) groups excluding carboxylic acids is 3. The predicted octanol–water partition coefficient (Wildman–Crippen LogP) is 5.44. The average molecular weight is 873 g/mol. The second kappa shape index (κ2) is 16.3. The van der Waals surface area contributed by atoms with E-state index in [-0.39, 0.29) is 29.5 Å². The molecule has 2 saturated carbocycles. The number of hydrogen-bond acceptors (Lipinski definition) is 10. The van der Waals surface area contributed by atoms with Gasteiger partial charge in [-0.25, -0.2) is 18.2 Å². The van der Waals surface area contributed by atoms with E-state index in [0.717, 1.165) is 17.5 Å². The van der Waals surface area contributed by atoms with E-state index < -0.39 is 92.2 Å². The van der Waals surface area contributed by atoms with Crippen molar-refractivity contribution in [2.45, 2.75) is 133 Å². The molecule has 61 heavy (non-hydrogen) atoms. The molecule has 18 heteroatoms. The molecule has 4 heterocycles. The number of morpholine rings is 1. The molecule has 4 amide bonds. The maximum Gasteiger partial charge on any atom is 0.408 e. The van der Waals surface area contributed by atoms with Gasteiger partial charge in [-0.15, -0.1) is 0 Å². The highest BCUT2D eigenvalue weighted by molar-refractivity contribution is 7.91. The molecule has 2 aliphatic carbocycles. The average Bonchev–Trinajstić information content (AvgIpc) is 4.12. The molecule has 334 valence electrons. The molecule has 1 aromatic carbocycles. The molecule has 3 N–H and O–H groups in total. The van der Waals surface area contributed by atoms with Crippen molar-refractivity contribution in [1.29, 1.82) is 0 Å². The Kier molecular flexibility index (Phi) is 11.9. The monoisotopic (exact) mass is 872 g/mol. The van der Waals surface area contributed by atoms with Gasteiger partial charge >= 0.3 is 12.1 Å². The van der Waals surface area contributed by atoms with Gasteiger partial charge < -0.3 is 24.8 Å². The summed E-state index contributed by atoms with van der Waals surface area (Å²) in [5.74, 6) is -5.13. The van der Waals surface area contributed by atoms with Crippen LogP contribution in [0.15, 0.2) is 42.6 Å². The predicted molar refractivity (Wildman–Crippen MR) is 222 cm³/mol. The number of halogens is 2. The van der Waals surface area contributed by atoms with Crippen LogP contribution in [0.3, 0.4) is 0 Å². The van der Waals surface area contributed by atoms with Gasteiger partial charge in [0.1, 0.15) is 17.6 Å². The van der Waals surface area contributed by atoms with Crippen LogP contribution in [-0.2, 0) is 29.1 Å². The van der Waals surface area contributed by atoms with Gasteiger partial charge in [-0.2, -0.15) is 8.78 Å². The number of allylic oxidation sites excluding steroid dienone is 1. The molecular weight excluding hydrogens is 815 g/mol. The normalized spacial score (nSPS) is 32.3. The topological polar surface area (TPSA) is 188 Å². The number of carbonyl (C=O) groups is 4. The van der Waals surface area contributed by atoms with E-state index in [1.807, 2.05) is 19.1 Å². The van der Waals surface area contributed by atoms with Gasteiger partial charge in [-0.1, -0.05) is 51.1 Å². The number of nitrogens with one attached hydrogen (secondary N) is 2. The number of aromatic nitrogens is 1. The van der Waals surface area contributed by atoms with Crippen LogP contribution in [0.2, 0.25) is 0 Å². The molecule has 8 atom stereocenters. The molecule has 1 aromatic heterocycles. The quantitative estimate of drug-likeness (QED) is 0.215. The number of alkyl halides is 2. The van der Waals surface area contributed by atoms with Gasteiger partial charge in [0.15, 0.2) is 5.60 Å². The smallest absolute Gasteiger partial charge is 0.408 e. The molecule has 2 aromatic rings. The second-order valence-electron chi connectivity index (χ2n) is 18.3. The minimum absolute atomic E-state index is 0.0143. The van der Waals surface area contributed by atoms with Crippen LogP contribution in [0, 0.1) is 17.8 Å². The van der Waals surface area contributed by atoms with Crippen LogP contribution in [0.4, 0.5) is 19.3 Å². The highest BCUT2D eigenvalue weighted by Gasteiger charge is 2.71. The summed E-state index contributed by atoms with van der Waals surface area (Å²) in [6, 6.07) is -1.64. The van der Waals surface area contributed by atoms with Gasteiger partial charge in [0.2, 0.25) is 21.8 Å². The Labute approximate surface area is 355 Å². The number of sulfonamides is 1. The summed E-state index contributed by atoms with van der Waals surface area (Å²) < 4.78 is 75.0. The fraction of sp³-hybridized carbons (Fsp3) is 0.651. The van der Waals surface area contributed by atoms with Gasteiger partial charge in [-0.3, -0.25) is 28.9 Å². The standard InChI is InChI=1S/C43H58F2N6O9S/c1-7-28(4)50(39(55)56)34-27(3)22-26(2)12-8-9-13-29-23-42(29,38(54)48-61(57,58)40(5)16-17-40)47-35(52)32-24-41(6,43(44,45)51(32)37(34)53)60-36-31-15-11-10-14-30(31)33(25-46-36)49-18-20-59-21-19-49/h9-11,13-15,25-29,32,34H,7-8,12,16-24H2,1-6H3,(H,47,52)(H,48,54)(H,55,56)/b13-9-/t26-,27+,28?,29+,32-,34-,41+,42+/m0/s1. The lowest BCUT2D eigenvalue weighted by molar-refractivity contribution is -0.219. The zero-order valence-corrected chi connectivity index (χ0v) is 36.5. The summed E-state index contributed by atoms with van der Waals surface area (Å²) in [5, 5.41) is 14.3. The second-order valence-corrected chi connectivity index (χ2v) is 20.5. The van der Waals surface area contributed by atoms with E-state index in [4.69, 9.17) is 9.47 Å². The molecule has 0 radical (unpaired) electrons. The summed E-state index contributed by atoms with van der Waals surface area (Å²) in [6.45, 7) is 11.7. The Morgan fingerprint density at radius 2 is 1.79 bits per heavy atom. The zero-order valence-electron chi connectivity index (χ0n) is 35.7. The van der Waals surface area contributed by atoms with Crippen molar-refractivity contribution < 1.29 is 51.0 Å². The van der Waals surface area contributed by atoms with Crippen molar-refractivity contribution >= 4 is 50.3 Å². The van der Waals surface area contributed by atoms with Crippen LogP contribution in [-0.4, -0.2) is 118 Å². The lowest BCUT2D eigenvalue weighted by atomic mass is 9.86. The molecular formula is C43H58F2N6O9S. The van der Waals surface area contributed by atoms with Crippen molar-refractivity contribution in [3.05, 3.63) is 42.6 Å². The van der Waals surface area contributed by atoms with Gasteiger partial charge in [0.05, 0.1) is 29.8 Å². The molecule has 5 aliphatic rings. The first-order chi connectivity index (χ1) is 28.7. The number of fused-ring (bicyclic) bond motifs is 3. The number of hydrogen-bond donors (Lipinski definition) is 3. The van der Waals surface area contributed by atoms with Crippen LogP contribution in [0.5, 0.6) is 5.88 Å². The number of nitrogens with zero attached hydrogens (tertiary/aromatic N) is 4. The molecule has 7 rings (SSSR count). The van der Waals surface area contributed by atoms with Crippen molar-refractivity contribution in [3.63, 3.8) is 0 Å². The number of carboxylic acid groups (broad SMARTS) is 1. The number of rotatable bonds is 9. The molecule has 4 fully saturated rings. The Hall–Kier alpha value is -4.58. The van der Waals surface area contributed by atoms with Crippen LogP contribution in [0.1, 0.15) is 92.9 Å². The maximum absolute atomic E-state index is 17.8. The largest absolute Gasteiger partial charge is 0.465 e. The summed E-state index contributed by atoms with van der Waals surface area (Å²) in [6.07, 6.45) is 5.19. The van der Waals surface area contributed by atoms with Crippen molar-refractivity contribution in [1.82, 2.24) is 24.8 Å². The minimum atomic E-state index is -4.27. The molecule has 1 unspecified atom stereocenters. The third-order valence-electron chi connectivity index (χ3n) is 13.7. The number of pyridine rings is 1. The third-order valence-corrected chi connectivity index (χ3v) is 15.9. The minimum Gasteiger partial charge on any atom is -0.465 e. The number of amides is 4. The lowest BCUT2D eigenvalue weighted by Gasteiger charge is -2.42. The zero-order chi connectivity index (χ0) is 44.3. The fourth-order valence-electron chi connectivity index (χ4n) is 9.29. The van der Waals surface area contributed by atoms with Gasteiger partial charge in [-0.05, 0) is 83.6 Å². The van der Waals surface area contributed by atoms with Crippen molar-refractivity contribution in [2.24, 2.45) is 17.8 Å². The van der Waals surface area contributed by atoms with E-state index >= 15 is 13.6 Å². The Morgan fingerprint density at radius 1 is 1.11 bits per heavy atom. The number of ether oxygens (including phenoxy) is 2. The van der Waals surface area contributed by atoms with Crippen LogP contribution in [0.25, 0.3) is 10.8 Å². The first-order valence-corrected chi connectivity index (χ1v) is 22.9. The van der Waals surface area contributed by atoms with Crippen molar-refractivity contribution in [3.8, 4) is 5.88 Å². The van der Waals surface area contributed by atoms with E-state index in [2.05, 4.69) is 19.9 Å². The van der Waals surface area contributed by atoms with Gasteiger partial charge in [0, 0.05) is 42.2 Å². The Bertz CT molecular complexity index is 2200. The molecule has 0 bridgehead atoms. The fourth-order valence-corrected chi connectivity index (χ4v) is 10.6. The maximum atomic E-state index is 17.8. The highest BCUT2D eigenvalue weighted by Crippen LogP contribution is 2.52. The summed E-state index contributed by atoms with van der Waals surface area (Å²) in [4.78, 5) is 64.7. The number of anilines is 1. The van der Waals surface area contributed by atoms with Crippen LogP contribution < -0.4 is 19.7 Å². The van der Waals surface area contributed by atoms with E-state index in [1.165, 1.54) is 13.1 Å². The molecule has 15 nitrogen and oxygen atoms in total. The Balaban J connectivity index is 1.33. The molecule has 2 saturated heterocycles.